The van der Waals surface area contributed by atoms with Crippen LogP contribution in [0.5, 0.6) is 0 Å². The highest BCUT2D eigenvalue weighted by Gasteiger charge is 1.93. The molecule has 0 atom stereocenters. The molecule has 50 valence electrons. The zero-order chi connectivity index (χ0) is 7.28. The van der Waals surface area contributed by atoms with Gasteiger partial charge in [-0.15, -0.1) is 0 Å². The number of allylic oxidation sites excluding steroid dienone is 3. The lowest BCUT2D eigenvalue weighted by atomic mass is 10.4. The fraction of sp³-hybridized carbons (Fsp3) is 0.143. The van der Waals surface area contributed by atoms with E-state index in [-0.39, 0.29) is 0 Å². The standard InChI is InChI=1S/C7H9BrO/c1-4-5-7(9-3)6(2)8/h4-5H,1-2H2,3H3. The number of halogens is 1. The van der Waals surface area contributed by atoms with E-state index in [0.29, 0.717) is 5.76 Å². The maximum Gasteiger partial charge on any atom is 0.132 e. The van der Waals surface area contributed by atoms with Gasteiger partial charge in [0.05, 0.1) is 11.6 Å². The summed E-state index contributed by atoms with van der Waals surface area (Å²) in [6, 6.07) is 0. The lowest BCUT2D eigenvalue weighted by Gasteiger charge is -2.00. The third kappa shape index (κ3) is 3.14. The summed E-state index contributed by atoms with van der Waals surface area (Å²) in [6.45, 7) is 7.13. The maximum atomic E-state index is 4.90. The number of rotatable bonds is 3. The van der Waals surface area contributed by atoms with Gasteiger partial charge in [-0.3, -0.25) is 0 Å². The van der Waals surface area contributed by atoms with Gasteiger partial charge in [0.2, 0.25) is 0 Å². The Hall–Kier alpha value is -0.500. The molecular formula is C7H9BrO. The van der Waals surface area contributed by atoms with Crippen molar-refractivity contribution in [2.24, 2.45) is 0 Å². The Morgan fingerprint density at radius 3 is 2.33 bits per heavy atom. The Morgan fingerprint density at radius 2 is 2.22 bits per heavy atom. The Labute approximate surface area is 63.8 Å². The molecule has 0 fully saturated rings. The second-order valence-electron chi connectivity index (χ2n) is 1.38. The molecule has 0 unspecified atom stereocenters. The van der Waals surface area contributed by atoms with Crippen molar-refractivity contribution < 1.29 is 4.74 Å². The Bertz CT molecular complexity index is 147. The molecule has 0 amide bonds. The summed E-state index contributed by atoms with van der Waals surface area (Å²) in [7, 11) is 1.59. The van der Waals surface area contributed by atoms with Crippen molar-refractivity contribution in [2.75, 3.05) is 7.11 Å². The summed E-state index contributed by atoms with van der Waals surface area (Å²) in [5.74, 6) is 0.699. The normalized spacial score (nSPS) is 10.7. The molecule has 1 nitrogen and oxygen atoms in total. The van der Waals surface area contributed by atoms with E-state index in [4.69, 9.17) is 4.74 Å². The van der Waals surface area contributed by atoms with Gasteiger partial charge in [-0.05, 0) is 22.0 Å². The quantitative estimate of drug-likeness (QED) is 0.489. The molecule has 0 saturated carbocycles. The molecule has 9 heavy (non-hydrogen) atoms. The highest BCUT2D eigenvalue weighted by atomic mass is 79.9. The summed E-state index contributed by atoms with van der Waals surface area (Å²) in [6.07, 6.45) is 3.38. The van der Waals surface area contributed by atoms with E-state index in [9.17, 15) is 0 Å². The van der Waals surface area contributed by atoms with Crippen molar-refractivity contribution in [2.45, 2.75) is 0 Å². The maximum absolute atomic E-state index is 4.90. The summed E-state index contributed by atoms with van der Waals surface area (Å²) < 4.78 is 5.62. The van der Waals surface area contributed by atoms with Crippen LogP contribution in [0.25, 0.3) is 0 Å². The first-order chi connectivity index (χ1) is 4.22. The van der Waals surface area contributed by atoms with Crippen molar-refractivity contribution in [1.82, 2.24) is 0 Å². The van der Waals surface area contributed by atoms with Crippen molar-refractivity contribution in [3.8, 4) is 0 Å². The number of hydrogen-bond donors (Lipinski definition) is 0. The first kappa shape index (κ1) is 8.50. The number of hydrogen-bond acceptors (Lipinski definition) is 1. The van der Waals surface area contributed by atoms with E-state index >= 15 is 0 Å². The van der Waals surface area contributed by atoms with Crippen LogP contribution < -0.4 is 0 Å². The molecule has 0 aromatic heterocycles. The largest absolute Gasteiger partial charge is 0.496 e. The minimum Gasteiger partial charge on any atom is -0.496 e. The molecular weight excluding hydrogens is 180 g/mol. The van der Waals surface area contributed by atoms with Crippen LogP contribution in [0.3, 0.4) is 0 Å². The fourth-order valence-corrected chi connectivity index (χ4v) is 0.670. The van der Waals surface area contributed by atoms with Crippen LogP contribution in [0.2, 0.25) is 0 Å². The smallest absolute Gasteiger partial charge is 0.132 e. The molecule has 0 spiro atoms. The minimum absolute atomic E-state index is 0.699. The number of ether oxygens (including phenoxy) is 1. The molecule has 0 aromatic carbocycles. The molecule has 0 heterocycles. The average molecular weight is 189 g/mol. The first-order valence-electron chi connectivity index (χ1n) is 2.44. The molecule has 0 rings (SSSR count). The van der Waals surface area contributed by atoms with Crippen molar-refractivity contribution in [3.63, 3.8) is 0 Å². The van der Waals surface area contributed by atoms with E-state index in [1.165, 1.54) is 0 Å². The van der Waals surface area contributed by atoms with Gasteiger partial charge >= 0.3 is 0 Å². The van der Waals surface area contributed by atoms with Crippen LogP contribution in [-0.4, -0.2) is 7.11 Å². The van der Waals surface area contributed by atoms with Gasteiger partial charge in [-0.25, -0.2) is 0 Å². The average Bonchev–Trinajstić information content (AvgIpc) is 1.82. The fourth-order valence-electron chi connectivity index (χ4n) is 0.376. The van der Waals surface area contributed by atoms with Gasteiger partial charge in [-0.2, -0.15) is 0 Å². The summed E-state index contributed by atoms with van der Waals surface area (Å²) in [4.78, 5) is 0. The third-order valence-corrected chi connectivity index (χ3v) is 1.15. The first-order valence-corrected chi connectivity index (χ1v) is 3.23. The highest BCUT2D eigenvalue weighted by molar-refractivity contribution is 9.11. The van der Waals surface area contributed by atoms with E-state index in [0.717, 1.165) is 4.48 Å². The molecule has 0 aliphatic carbocycles. The Kier molecular flexibility index (Phi) is 4.14. The van der Waals surface area contributed by atoms with E-state index in [1.807, 2.05) is 0 Å². The van der Waals surface area contributed by atoms with Crippen LogP contribution in [0.4, 0.5) is 0 Å². The monoisotopic (exact) mass is 188 g/mol. The Balaban J connectivity index is 4.14. The van der Waals surface area contributed by atoms with Crippen LogP contribution in [0, 0.1) is 0 Å². The third-order valence-electron chi connectivity index (χ3n) is 0.757. The molecule has 0 N–H and O–H groups in total. The van der Waals surface area contributed by atoms with Crippen molar-refractivity contribution >= 4 is 15.9 Å². The van der Waals surface area contributed by atoms with Crippen molar-refractivity contribution in [1.29, 1.82) is 0 Å². The van der Waals surface area contributed by atoms with Crippen LogP contribution in [-0.2, 0) is 4.74 Å². The van der Waals surface area contributed by atoms with Gasteiger partial charge in [0, 0.05) is 0 Å². The van der Waals surface area contributed by atoms with Gasteiger partial charge in [0.1, 0.15) is 5.76 Å². The van der Waals surface area contributed by atoms with Crippen LogP contribution >= 0.6 is 15.9 Å². The second-order valence-corrected chi connectivity index (χ2v) is 2.33. The molecule has 0 saturated heterocycles. The SMILES string of the molecule is C=CC=C(OC)C(=C)Br. The predicted molar refractivity (Wildman–Crippen MR) is 43.4 cm³/mol. The second kappa shape index (κ2) is 4.39. The molecule has 0 aromatic rings. The zero-order valence-corrected chi connectivity index (χ0v) is 6.94. The van der Waals surface area contributed by atoms with Gasteiger partial charge in [-0.1, -0.05) is 19.2 Å². The van der Waals surface area contributed by atoms with Gasteiger partial charge in [0.15, 0.2) is 0 Å². The zero-order valence-electron chi connectivity index (χ0n) is 5.36. The predicted octanol–water partition coefficient (Wildman–Crippen LogP) is 2.61. The topological polar surface area (TPSA) is 9.23 Å². The molecule has 0 radical (unpaired) electrons. The molecule has 0 aliphatic heterocycles. The van der Waals surface area contributed by atoms with Gasteiger partial charge in [0.25, 0.3) is 0 Å². The number of methoxy groups -OCH3 is 1. The van der Waals surface area contributed by atoms with Crippen LogP contribution in [0.1, 0.15) is 0 Å². The minimum atomic E-state index is 0.699. The lowest BCUT2D eigenvalue weighted by Crippen LogP contribution is -1.82. The molecule has 0 aliphatic rings. The van der Waals surface area contributed by atoms with E-state index in [2.05, 4.69) is 29.1 Å². The van der Waals surface area contributed by atoms with Crippen molar-refractivity contribution in [3.05, 3.63) is 35.6 Å². The summed E-state index contributed by atoms with van der Waals surface area (Å²) in [5, 5.41) is 0. The Morgan fingerprint density at radius 1 is 1.67 bits per heavy atom. The lowest BCUT2D eigenvalue weighted by molar-refractivity contribution is 0.306. The summed E-state index contributed by atoms with van der Waals surface area (Å²) >= 11 is 3.17. The van der Waals surface area contributed by atoms with E-state index < -0.39 is 0 Å². The molecule has 0 bridgehead atoms. The van der Waals surface area contributed by atoms with Gasteiger partial charge < -0.3 is 4.74 Å². The van der Waals surface area contributed by atoms with Crippen LogP contribution in [0.15, 0.2) is 35.6 Å². The highest BCUT2D eigenvalue weighted by Crippen LogP contribution is 2.14. The summed E-state index contributed by atoms with van der Waals surface area (Å²) in [5.41, 5.74) is 0. The molecule has 2 heteroatoms. The van der Waals surface area contributed by atoms with E-state index in [1.54, 1.807) is 19.3 Å².